The van der Waals surface area contributed by atoms with Crippen molar-refractivity contribution in [1.29, 1.82) is 5.26 Å². The van der Waals surface area contributed by atoms with Crippen LogP contribution in [0.5, 0.6) is 0 Å². The lowest BCUT2D eigenvalue weighted by molar-refractivity contribution is -0.128. The summed E-state index contributed by atoms with van der Waals surface area (Å²) in [7, 11) is -8.10. The Balaban J connectivity index is 1.78. The van der Waals surface area contributed by atoms with Gasteiger partial charge in [-0.1, -0.05) is 46.5 Å². The molecular formula is C25H32N4O6S2. The number of hydrogen-bond acceptors (Lipinski definition) is 8. The molecular weight excluding hydrogens is 516 g/mol. The summed E-state index contributed by atoms with van der Waals surface area (Å²) in [5.41, 5.74) is -0.966. The maximum atomic E-state index is 13.7. The number of anilines is 2. The highest BCUT2D eigenvalue weighted by Gasteiger charge is 2.49. The summed E-state index contributed by atoms with van der Waals surface area (Å²) in [5.74, 6) is -0.295. The van der Waals surface area contributed by atoms with Crippen LogP contribution in [0, 0.1) is 22.7 Å². The molecule has 1 aliphatic carbocycles. The lowest BCUT2D eigenvalue weighted by Gasteiger charge is -2.35. The van der Waals surface area contributed by atoms with Gasteiger partial charge in [0.1, 0.15) is 17.4 Å². The van der Waals surface area contributed by atoms with Crippen LogP contribution in [0.4, 0.5) is 11.4 Å². The number of aliphatic hydroxyl groups excluding tert-OH is 1. The molecule has 1 aromatic rings. The van der Waals surface area contributed by atoms with Gasteiger partial charge in [0.15, 0.2) is 4.91 Å². The second kappa shape index (κ2) is 9.36. The fraction of sp³-hybridized carbons (Fsp3) is 0.520. The molecule has 1 unspecified atom stereocenters. The predicted molar refractivity (Wildman–Crippen MR) is 140 cm³/mol. The molecule has 12 heteroatoms. The summed E-state index contributed by atoms with van der Waals surface area (Å²) >= 11 is 0. The molecule has 10 nitrogen and oxygen atoms in total. The Hall–Kier alpha value is -3.04. The molecule has 2 aliphatic heterocycles. The van der Waals surface area contributed by atoms with Crippen molar-refractivity contribution in [2.45, 2.75) is 63.8 Å². The first-order valence-corrected chi connectivity index (χ1v) is 15.6. The molecule has 37 heavy (non-hydrogen) atoms. The summed E-state index contributed by atoms with van der Waals surface area (Å²) < 4.78 is 52.4. The minimum absolute atomic E-state index is 0.0113. The molecule has 4 rings (SSSR count). The molecule has 1 amide bonds. The quantitative estimate of drug-likeness (QED) is 0.486. The number of sulfone groups is 1. The van der Waals surface area contributed by atoms with Gasteiger partial charge in [0.2, 0.25) is 19.9 Å². The van der Waals surface area contributed by atoms with Crippen LogP contribution in [0.25, 0.3) is 0 Å². The molecule has 0 radical (unpaired) electrons. The summed E-state index contributed by atoms with van der Waals surface area (Å²) in [5, 5.41) is 24.1. The molecule has 0 aromatic heterocycles. The number of amides is 1. The average Bonchev–Trinajstić information content (AvgIpc) is 3.36. The van der Waals surface area contributed by atoms with Crippen molar-refractivity contribution in [3.8, 4) is 6.07 Å². The first-order chi connectivity index (χ1) is 17.1. The van der Waals surface area contributed by atoms with E-state index in [9.17, 15) is 32.0 Å². The molecule has 1 saturated carbocycles. The zero-order valence-corrected chi connectivity index (χ0v) is 23.0. The first-order valence-electron chi connectivity index (χ1n) is 12.2. The van der Waals surface area contributed by atoms with Crippen LogP contribution in [0.1, 0.15) is 52.9 Å². The molecule has 3 N–H and O–H groups in total. The molecule has 2 heterocycles. The van der Waals surface area contributed by atoms with Crippen LogP contribution in [0.2, 0.25) is 0 Å². The average molecular weight is 549 g/mol. The van der Waals surface area contributed by atoms with Crippen molar-refractivity contribution in [3.05, 3.63) is 40.1 Å². The van der Waals surface area contributed by atoms with Gasteiger partial charge in [-0.15, -0.1) is 0 Å². The zero-order valence-electron chi connectivity index (χ0n) is 21.3. The van der Waals surface area contributed by atoms with E-state index in [1.54, 1.807) is 11.0 Å². The number of carbonyl (C=O) groups is 1. The Labute approximate surface area is 218 Å². The number of nitrogens with zero attached hydrogens (tertiary/aromatic N) is 2. The van der Waals surface area contributed by atoms with Crippen molar-refractivity contribution in [2.75, 3.05) is 22.8 Å². The Bertz CT molecular complexity index is 1460. The number of hydrogen-bond donors (Lipinski definition) is 3. The first kappa shape index (κ1) is 27.0. The van der Waals surface area contributed by atoms with Gasteiger partial charge in [-0.2, -0.15) is 5.26 Å². The second-order valence-corrected chi connectivity index (χ2v) is 14.6. The molecule has 1 aromatic carbocycles. The molecule has 1 atom stereocenters. The largest absolute Gasteiger partial charge is 0.509 e. The van der Waals surface area contributed by atoms with Gasteiger partial charge in [0.05, 0.1) is 28.6 Å². The fourth-order valence-corrected chi connectivity index (χ4v) is 7.48. The van der Waals surface area contributed by atoms with Gasteiger partial charge in [0.25, 0.3) is 5.91 Å². The van der Waals surface area contributed by atoms with Crippen LogP contribution in [-0.2, 0) is 24.7 Å². The van der Waals surface area contributed by atoms with Crippen LogP contribution in [0.15, 0.2) is 45.0 Å². The third kappa shape index (κ3) is 5.07. The van der Waals surface area contributed by atoms with E-state index < -0.39 is 42.1 Å². The van der Waals surface area contributed by atoms with Crippen molar-refractivity contribution >= 4 is 37.1 Å². The monoisotopic (exact) mass is 548 g/mol. The summed E-state index contributed by atoms with van der Waals surface area (Å²) in [4.78, 5) is 14.3. The highest BCUT2D eigenvalue weighted by molar-refractivity contribution is 7.96. The van der Waals surface area contributed by atoms with Gasteiger partial charge in [0, 0.05) is 12.2 Å². The van der Waals surface area contributed by atoms with Crippen LogP contribution < -0.4 is 10.0 Å². The number of nitriles is 1. The lowest BCUT2D eigenvalue weighted by atomic mass is 9.85. The van der Waals surface area contributed by atoms with E-state index in [2.05, 4.69) is 10.0 Å². The van der Waals surface area contributed by atoms with E-state index in [0.29, 0.717) is 12.5 Å². The SMILES string of the molecule is CC(C)(C)C1C(O)=C(C2=C(C#N)S(=O)(=O)c3cc(NS(C)(=O)=O)ccc3N2)C(=O)N1CCC1CCCC1. The van der Waals surface area contributed by atoms with Gasteiger partial charge < -0.3 is 15.3 Å². The molecule has 0 spiro atoms. The van der Waals surface area contributed by atoms with E-state index >= 15 is 0 Å². The molecule has 200 valence electrons. The minimum atomic E-state index is -4.44. The van der Waals surface area contributed by atoms with Gasteiger partial charge >= 0.3 is 0 Å². The van der Waals surface area contributed by atoms with Crippen LogP contribution in [0.3, 0.4) is 0 Å². The number of allylic oxidation sites excluding steroid dienone is 1. The van der Waals surface area contributed by atoms with Crippen molar-refractivity contribution in [3.63, 3.8) is 0 Å². The summed E-state index contributed by atoms with van der Waals surface area (Å²) in [6, 6.07) is 4.84. The van der Waals surface area contributed by atoms with E-state index in [0.717, 1.165) is 44.4 Å². The lowest BCUT2D eigenvalue weighted by Crippen LogP contribution is -2.44. The second-order valence-electron chi connectivity index (χ2n) is 11.0. The van der Waals surface area contributed by atoms with Gasteiger partial charge in [-0.3, -0.25) is 9.52 Å². The Morgan fingerprint density at radius 1 is 1.24 bits per heavy atom. The number of fused-ring (bicyclic) bond motifs is 1. The van der Waals surface area contributed by atoms with E-state index in [-0.39, 0.29) is 33.3 Å². The fourth-order valence-electron chi connectivity index (χ4n) is 5.47. The predicted octanol–water partition coefficient (Wildman–Crippen LogP) is 3.64. The van der Waals surface area contributed by atoms with Gasteiger partial charge in [-0.25, -0.2) is 16.8 Å². The Morgan fingerprint density at radius 3 is 2.46 bits per heavy atom. The standard InChI is InChI=1S/C25H32N4O6S2/c1-25(2,3)23-22(30)20(24(31)29(23)12-11-15-7-5-6-8-15)21-19(14-26)37(34,35)18-13-16(28-36(4,32)33)9-10-17(18)27-21/h9-10,13,15,23,27-28,30H,5-8,11-12H2,1-4H3. The number of rotatable bonds is 6. The molecule has 0 saturated heterocycles. The van der Waals surface area contributed by atoms with Crippen LogP contribution in [-0.4, -0.2) is 51.6 Å². The topological polar surface area (TPSA) is 157 Å². The third-order valence-corrected chi connectivity index (χ3v) is 9.41. The number of carbonyl (C=O) groups excluding carboxylic acids is 1. The maximum absolute atomic E-state index is 13.7. The smallest absolute Gasteiger partial charge is 0.260 e. The van der Waals surface area contributed by atoms with Gasteiger partial charge in [-0.05, 0) is 36.0 Å². The highest BCUT2D eigenvalue weighted by Crippen LogP contribution is 2.44. The molecule has 3 aliphatic rings. The normalized spacial score (nSPS) is 22.2. The summed E-state index contributed by atoms with van der Waals surface area (Å²) in [6.07, 6.45) is 6.25. The number of benzene rings is 1. The Morgan fingerprint density at radius 2 is 1.89 bits per heavy atom. The summed E-state index contributed by atoms with van der Waals surface area (Å²) in [6.45, 7) is 6.09. The molecule has 0 bridgehead atoms. The molecule has 1 fully saturated rings. The van der Waals surface area contributed by atoms with Crippen molar-refractivity contribution in [2.24, 2.45) is 11.3 Å². The van der Waals surface area contributed by atoms with E-state index in [1.165, 1.54) is 12.1 Å². The third-order valence-electron chi connectivity index (χ3n) is 7.06. The van der Waals surface area contributed by atoms with E-state index in [1.807, 2.05) is 20.8 Å². The minimum Gasteiger partial charge on any atom is -0.509 e. The van der Waals surface area contributed by atoms with Crippen LogP contribution >= 0.6 is 0 Å². The zero-order chi connectivity index (χ0) is 27.3. The van der Waals surface area contributed by atoms with E-state index in [4.69, 9.17) is 0 Å². The van der Waals surface area contributed by atoms with Crippen molar-refractivity contribution < 1.29 is 26.7 Å². The number of nitrogens with one attached hydrogen (secondary N) is 2. The number of aliphatic hydroxyl groups is 1. The number of sulfonamides is 1. The highest BCUT2D eigenvalue weighted by atomic mass is 32.2. The maximum Gasteiger partial charge on any atom is 0.260 e. The Kier molecular flexibility index (Phi) is 6.84. The van der Waals surface area contributed by atoms with Crippen molar-refractivity contribution in [1.82, 2.24) is 4.90 Å².